The largest absolute Gasteiger partial charge is 0.367 e. The number of fused-ring (bicyclic) bond motifs is 1. The molecule has 3 heteroatoms. The molecule has 1 aromatic heterocycles. The van der Waals surface area contributed by atoms with Gasteiger partial charge in [-0.2, -0.15) is 0 Å². The van der Waals surface area contributed by atoms with Gasteiger partial charge >= 0.3 is 0 Å². The van der Waals surface area contributed by atoms with E-state index in [9.17, 15) is 0 Å². The minimum absolute atomic E-state index is 0.974. The number of thiophene rings is 1. The van der Waals surface area contributed by atoms with Gasteiger partial charge in [-0.3, -0.25) is 0 Å². The van der Waals surface area contributed by atoms with Gasteiger partial charge in [0.2, 0.25) is 0 Å². The zero-order valence-electron chi connectivity index (χ0n) is 11.6. The first-order valence-electron chi connectivity index (χ1n) is 6.83. The van der Waals surface area contributed by atoms with Crippen LogP contribution in [0.15, 0.2) is 30.3 Å². The fourth-order valence-corrected chi connectivity index (χ4v) is 3.85. The lowest BCUT2D eigenvalue weighted by Gasteiger charge is -2.19. The minimum Gasteiger partial charge on any atom is -0.367 e. The molecule has 0 bridgehead atoms. The van der Waals surface area contributed by atoms with Gasteiger partial charge in [0.05, 0.1) is 0 Å². The molecule has 1 aliphatic heterocycles. The molecule has 2 nitrogen and oxygen atoms in total. The van der Waals surface area contributed by atoms with E-state index in [1.807, 2.05) is 18.4 Å². The third-order valence-electron chi connectivity index (χ3n) is 3.77. The van der Waals surface area contributed by atoms with Crippen LogP contribution >= 0.6 is 11.3 Å². The zero-order chi connectivity index (χ0) is 13.2. The second-order valence-electron chi connectivity index (χ2n) is 5.12. The molecule has 3 rings (SSSR count). The van der Waals surface area contributed by atoms with Crippen molar-refractivity contribution in [2.45, 2.75) is 26.4 Å². The Labute approximate surface area is 119 Å². The molecule has 0 fully saturated rings. The van der Waals surface area contributed by atoms with Crippen molar-refractivity contribution in [3.8, 4) is 0 Å². The summed E-state index contributed by atoms with van der Waals surface area (Å²) in [6.45, 7) is 5.41. The maximum atomic E-state index is 3.23. The van der Waals surface area contributed by atoms with Crippen molar-refractivity contribution in [2.75, 3.05) is 18.5 Å². The van der Waals surface area contributed by atoms with Crippen molar-refractivity contribution in [3.05, 3.63) is 51.2 Å². The van der Waals surface area contributed by atoms with Crippen LogP contribution in [0.25, 0.3) is 0 Å². The predicted octanol–water partition coefficient (Wildman–Crippen LogP) is 3.34. The molecule has 0 unspecified atom stereocenters. The Morgan fingerprint density at radius 2 is 2.16 bits per heavy atom. The maximum absolute atomic E-state index is 3.23. The molecule has 1 N–H and O–H groups in total. The second kappa shape index (κ2) is 5.35. The van der Waals surface area contributed by atoms with E-state index < -0.39 is 0 Å². The Balaban J connectivity index is 1.79. The van der Waals surface area contributed by atoms with Crippen LogP contribution in [0.3, 0.4) is 0 Å². The van der Waals surface area contributed by atoms with Crippen LogP contribution in [0.2, 0.25) is 0 Å². The smallest absolute Gasteiger partial charge is 0.0440 e. The van der Waals surface area contributed by atoms with Crippen molar-refractivity contribution in [2.24, 2.45) is 0 Å². The molecule has 0 saturated carbocycles. The van der Waals surface area contributed by atoms with E-state index in [1.54, 1.807) is 0 Å². The normalized spacial score (nSPS) is 13.9. The van der Waals surface area contributed by atoms with Crippen LogP contribution in [0.5, 0.6) is 0 Å². The van der Waals surface area contributed by atoms with E-state index in [0.717, 1.165) is 19.6 Å². The second-order valence-corrected chi connectivity index (χ2v) is 6.47. The Kier molecular flexibility index (Phi) is 3.58. The fraction of sp³-hybridized carbons (Fsp3) is 0.375. The number of aryl methyl sites for hydroxylation is 1. The number of nitrogens with zero attached hydrogens (tertiary/aromatic N) is 1. The average molecular weight is 272 g/mol. The minimum atomic E-state index is 0.974. The molecule has 1 aromatic carbocycles. The number of para-hydroxylation sites is 1. The van der Waals surface area contributed by atoms with Crippen LogP contribution in [-0.2, 0) is 19.5 Å². The SMILES string of the molecule is CNCc1cc(CN2CCc3ccccc32)c(C)s1. The fourth-order valence-electron chi connectivity index (χ4n) is 2.78. The first-order valence-corrected chi connectivity index (χ1v) is 7.65. The summed E-state index contributed by atoms with van der Waals surface area (Å²) in [4.78, 5) is 5.39. The number of rotatable bonds is 4. The summed E-state index contributed by atoms with van der Waals surface area (Å²) < 4.78 is 0. The average Bonchev–Trinajstić information content (AvgIpc) is 2.96. The number of hydrogen-bond acceptors (Lipinski definition) is 3. The molecule has 0 amide bonds. The van der Waals surface area contributed by atoms with E-state index in [-0.39, 0.29) is 0 Å². The highest BCUT2D eigenvalue weighted by Crippen LogP contribution is 2.31. The summed E-state index contributed by atoms with van der Waals surface area (Å²) in [5, 5.41) is 3.23. The molecule has 0 aliphatic carbocycles. The summed E-state index contributed by atoms with van der Waals surface area (Å²) >= 11 is 1.91. The van der Waals surface area contributed by atoms with Crippen LogP contribution in [-0.4, -0.2) is 13.6 Å². The highest BCUT2D eigenvalue weighted by atomic mass is 32.1. The quantitative estimate of drug-likeness (QED) is 0.918. The summed E-state index contributed by atoms with van der Waals surface area (Å²) in [5.74, 6) is 0. The lowest BCUT2D eigenvalue weighted by molar-refractivity contribution is 0.820. The molecule has 19 heavy (non-hydrogen) atoms. The third kappa shape index (κ3) is 2.53. The van der Waals surface area contributed by atoms with Gasteiger partial charge in [0, 0.05) is 35.1 Å². The van der Waals surface area contributed by atoms with Crippen molar-refractivity contribution in [3.63, 3.8) is 0 Å². The highest BCUT2D eigenvalue weighted by Gasteiger charge is 2.19. The Hall–Kier alpha value is -1.32. The number of hydrogen-bond donors (Lipinski definition) is 1. The van der Waals surface area contributed by atoms with Gasteiger partial charge in [0.25, 0.3) is 0 Å². The summed E-state index contributed by atoms with van der Waals surface area (Å²) in [6, 6.07) is 11.1. The highest BCUT2D eigenvalue weighted by molar-refractivity contribution is 7.12. The Morgan fingerprint density at radius 3 is 3.00 bits per heavy atom. The number of benzene rings is 1. The summed E-state index contributed by atoms with van der Waals surface area (Å²) in [5.41, 5.74) is 4.39. The monoisotopic (exact) mass is 272 g/mol. The van der Waals surface area contributed by atoms with Crippen LogP contribution < -0.4 is 10.2 Å². The number of anilines is 1. The van der Waals surface area contributed by atoms with E-state index in [2.05, 4.69) is 47.5 Å². The molecule has 0 spiro atoms. The van der Waals surface area contributed by atoms with Crippen molar-refractivity contribution in [1.82, 2.24) is 5.32 Å². The molecule has 2 heterocycles. The van der Waals surface area contributed by atoms with E-state index in [1.165, 1.54) is 33.0 Å². The summed E-state index contributed by atoms with van der Waals surface area (Å²) in [7, 11) is 2.01. The van der Waals surface area contributed by atoms with Gasteiger partial charge in [-0.15, -0.1) is 11.3 Å². The zero-order valence-corrected chi connectivity index (χ0v) is 12.4. The van der Waals surface area contributed by atoms with Crippen LogP contribution in [0, 0.1) is 6.92 Å². The molecule has 2 aromatic rings. The molecule has 0 saturated heterocycles. The third-order valence-corrected chi connectivity index (χ3v) is 4.86. The lowest BCUT2D eigenvalue weighted by atomic mass is 10.2. The number of nitrogens with one attached hydrogen (secondary N) is 1. The van der Waals surface area contributed by atoms with Crippen molar-refractivity contribution in [1.29, 1.82) is 0 Å². The lowest BCUT2D eigenvalue weighted by Crippen LogP contribution is -2.19. The topological polar surface area (TPSA) is 15.3 Å². The maximum Gasteiger partial charge on any atom is 0.0440 e. The Bertz CT molecular complexity index is 574. The molecule has 1 aliphatic rings. The molecule has 0 radical (unpaired) electrons. The van der Waals surface area contributed by atoms with Gasteiger partial charge in [-0.05, 0) is 43.7 Å². The summed E-state index contributed by atoms with van der Waals surface area (Å²) in [6.07, 6.45) is 1.18. The standard InChI is InChI=1S/C16H20N2S/c1-12-14(9-15(19-12)10-17-2)11-18-8-7-13-5-3-4-6-16(13)18/h3-6,9,17H,7-8,10-11H2,1-2H3. The van der Waals surface area contributed by atoms with Crippen LogP contribution in [0.4, 0.5) is 5.69 Å². The van der Waals surface area contributed by atoms with E-state index in [0.29, 0.717) is 0 Å². The van der Waals surface area contributed by atoms with Crippen molar-refractivity contribution < 1.29 is 0 Å². The van der Waals surface area contributed by atoms with Gasteiger partial charge in [0.1, 0.15) is 0 Å². The van der Waals surface area contributed by atoms with Gasteiger partial charge in [-0.1, -0.05) is 18.2 Å². The Morgan fingerprint density at radius 1 is 1.32 bits per heavy atom. The van der Waals surface area contributed by atoms with Gasteiger partial charge in [-0.25, -0.2) is 0 Å². The van der Waals surface area contributed by atoms with Gasteiger partial charge in [0.15, 0.2) is 0 Å². The van der Waals surface area contributed by atoms with Crippen molar-refractivity contribution >= 4 is 17.0 Å². The van der Waals surface area contributed by atoms with Crippen LogP contribution in [0.1, 0.15) is 20.9 Å². The van der Waals surface area contributed by atoms with E-state index >= 15 is 0 Å². The molecule has 0 atom stereocenters. The van der Waals surface area contributed by atoms with E-state index in [4.69, 9.17) is 0 Å². The first-order chi connectivity index (χ1) is 9.28. The molecule has 100 valence electrons. The molecular formula is C16H20N2S. The predicted molar refractivity (Wildman–Crippen MR) is 83.0 cm³/mol. The first kappa shape index (κ1) is 12.7. The molecular weight excluding hydrogens is 252 g/mol. The van der Waals surface area contributed by atoms with Gasteiger partial charge < -0.3 is 10.2 Å².